The molecule has 0 spiro atoms. The topological polar surface area (TPSA) is 87.5 Å². The number of rotatable bonds is 6. The Bertz CT molecular complexity index is 1860. The molecule has 0 radical (unpaired) electrons. The molecule has 40 heavy (non-hydrogen) atoms. The number of anilines is 2. The highest BCUT2D eigenvalue weighted by molar-refractivity contribution is 7.92. The van der Waals surface area contributed by atoms with Gasteiger partial charge < -0.3 is 0 Å². The normalized spacial score (nSPS) is 15.3. The first-order valence-corrected chi connectivity index (χ1v) is 15.1. The molecule has 1 aliphatic heterocycles. The molecular formula is C31H26ClN5O2S. The molecule has 6 rings (SSSR count). The number of halogens is 1. The van der Waals surface area contributed by atoms with E-state index in [-0.39, 0.29) is 6.04 Å². The summed E-state index contributed by atoms with van der Waals surface area (Å²) in [5.41, 5.74) is 6.58. The third-order valence-corrected chi connectivity index (χ3v) is 7.63. The zero-order valence-electron chi connectivity index (χ0n) is 21.9. The van der Waals surface area contributed by atoms with Gasteiger partial charge in [-0.25, -0.2) is 23.4 Å². The SMILES string of the molecule is Cc1ccc([C@H]2CC(c3ccccc3NS(C)(=O)=O)=NN2c2nc(-c3ccccc3)c3cc(Cl)ccc3n2)cc1. The first-order valence-electron chi connectivity index (χ1n) is 12.8. The number of fused-ring (bicyclic) bond motifs is 1. The van der Waals surface area contributed by atoms with Crippen molar-refractivity contribution in [2.45, 2.75) is 19.4 Å². The van der Waals surface area contributed by atoms with Gasteiger partial charge in [0, 0.05) is 28.0 Å². The van der Waals surface area contributed by atoms with Crippen molar-refractivity contribution >= 4 is 49.9 Å². The van der Waals surface area contributed by atoms with Crippen LogP contribution < -0.4 is 9.73 Å². The van der Waals surface area contributed by atoms with Crippen molar-refractivity contribution in [3.63, 3.8) is 0 Å². The van der Waals surface area contributed by atoms with E-state index in [2.05, 4.69) is 35.9 Å². The summed E-state index contributed by atoms with van der Waals surface area (Å²) in [5.74, 6) is 0.447. The van der Waals surface area contributed by atoms with Crippen LogP contribution in [0, 0.1) is 6.92 Å². The second-order valence-electron chi connectivity index (χ2n) is 9.84. The molecule has 0 saturated carbocycles. The largest absolute Gasteiger partial charge is 0.283 e. The highest BCUT2D eigenvalue weighted by Gasteiger charge is 2.33. The molecule has 5 aromatic rings. The number of sulfonamides is 1. The van der Waals surface area contributed by atoms with E-state index in [9.17, 15) is 8.42 Å². The smallest absolute Gasteiger partial charge is 0.247 e. The number of aromatic nitrogens is 2. The first-order chi connectivity index (χ1) is 19.2. The van der Waals surface area contributed by atoms with Crippen molar-refractivity contribution in [2.75, 3.05) is 16.0 Å². The standard InChI is InChI=1S/C31H26ClN5O2S/c1-20-12-14-21(15-13-20)29-19-28(24-10-6-7-11-27(24)36-40(2,38)39)35-37(29)31-33-26-17-16-23(32)18-25(26)30(34-31)22-8-4-3-5-9-22/h3-18,29,36H,19H2,1-2H3/t29-/m1/s1. The van der Waals surface area contributed by atoms with Crippen LogP contribution in [0.5, 0.6) is 0 Å². The van der Waals surface area contributed by atoms with Crippen molar-refractivity contribution in [1.29, 1.82) is 0 Å². The molecule has 0 unspecified atom stereocenters. The number of hydrogen-bond donors (Lipinski definition) is 1. The van der Waals surface area contributed by atoms with Crippen LogP contribution in [0.25, 0.3) is 22.2 Å². The summed E-state index contributed by atoms with van der Waals surface area (Å²) in [5, 5.41) is 8.32. The highest BCUT2D eigenvalue weighted by Crippen LogP contribution is 2.39. The molecule has 0 amide bonds. The average Bonchev–Trinajstić information content (AvgIpc) is 3.38. The Morgan fingerprint density at radius 2 is 1.62 bits per heavy atom. The molecule has 1 aliphatic rings. The first kappa shape index (κ1) is 26.0. The Hall–Kier alpha value is -4.27. The van der Waals surface area contributed by atoms with Gasteiger partial charge >= 0.3 is 0 Å². The maximum absolute atomic E-state index is 12.1. The average molecular weight is 568 g/mol. The lowest BCUT2D eigenvalue weighted by molar-refractivity contribution is 0.607. The van der Waals surface area contributed by atoms with Crippen molar-refractivity contribution in [1.82, 2.24) is 9.97 Å². The van der Waals surface area contributed by atoms with Crippen LogP contribution in [0.4, 0.5) is 11.6 Å². The van der Waals surface area contributed by atoms with Crippen LogP contribution in [0.2, 0.25) is 5.02 Å². The lowest BCUT2D eigenvalue weighted by Gasteiger charge is -2.23. The Morgan fingerprint density at radius 3 is 2.38 bits per heavy atom. The van der Waals surface area contributed by atoms with E-state index >= 15 is 0 Å². The summed E-state index contributed by atoms with van der Waals surface area (Å²) in [7, 11) is -3.48. The number of hydrazone groups is 1. The third kappa shape index (κ3) is 5.28. The fourth-order valence-corrected chi connectivity index (χ4v) is 5.69. The van der Waals surface area contributed by atoms with Gasteiger partial charge in [0.15, 0.2) is 0 Å². The van der Waals surface area contributed by atoms with Gasteiger partial charge in [0.25, 0.3) is 0 Å². The highest BCUT2D eigenvalue weighted by atomic mass is 35.5. The Kier molecular flexibility index (Phi) is 6.73. The molecule has 0 saturated heterocycles. The maximum Gasteiger partial charge on any atom is 0.247 e. The van der Waals surface area contributed by atoms with Crippen molar-refractivity contribution in [3.8, 4) is 11.3 Å². The summed E-state index contributed by atoms with van der Waals surface area (Å²) in [6.45, 7) is 2.05. The monoisotopic (exact) mass is 567 g/mol. The second kappa shape index (κ2) is 10.4. The molecule has 7 nitrogen and oxygen atoms in total. The summed E-state index contributed by atoms with van der Waals surface area (Å²) >= 11 is 6.37. The van der Waals surface area contributed by atoms with E-state index in [0.29, 0.717) is 28.6 Å². The predicted molar refractivity (Wildman–Crippen MR) is 162 cm³/mol. The van der Waals surface area contributed by atoms with Gasteiger partial charge in [0.2, 0.25) is 16.0 Å². The van der Waals surface area contributed by atoms with E-state index in [4.69, 9.17) is 26.7 Å². The molecule has 0 aliphatic carbocycles. The van der Waals surface area contributed by atoms with Crippen LogP contribution in [0.15, 0.2) is 102 Å². The van der Waals surface area contributed by atoms with E-state index in [0.717, 1.165) is 45.3 Å². The molecule has 4 aromatic carbocycles. The van der Waals surface area contributed by atoms with E-state index < -0.39 is 10.0 Å². The predicted octanol–water partition coefficient (Wildman–Crippen LogP) is 6.99. The minimum atomic E-state index is -3.48. The summed E-state index contributed by atoms with van der Waals surface area (Å²) < 4.78 is 26.8. The van der Waals surface area contributed by atoms with Gasteiger partial charge in [-0.3, -0.25) is 4.72 Å². The van der Waals surface area contributed by atoms with Crippen LogP contribution in [0.3, 0.4) is 0 Å². The van der Waals surface area contributed by atoms with Crippen molar-refractivity contribution < 1.29 is 8.42 Å². The van der Waals surface area contributed by atoms with Crippen LogP contribution in [-0.4, -0.2) is 30.4 Å². The number of nitrogens with zero attached hydrogens (tertiary/aromatic N) is 4. The Morgan fingerprint density at radius 1 is 0.900 bits per heavy atom. The van der Waals surface area contributed by atoms with E-state index in [1.807, 2.05) is 65.7 Å². The zero-order chi connectivity index (χ0) is 27.9. The van der Waals surface area contributed by atoms with Gasteiger partial charge in [0.05, 0.1) is 34.9 Å². The van der Waals surface area contributed by atoms with Crippen molar-refractivity contribution in [2.24, 2.45) is 5.10 Å². The molecule has 0 bridgehead atoms. The Labute approximate surface area is 238 Å². The molecule has 0 fully saturated rings. The number of nitrogens with one attached hydrogen (secondary N) is 1. The summed E-state index contributed by atoms with van der Waals surface area (Å²) in [6.07, 6.45) is 1.68. The lowest BCUT2D eigenvalue weighted by Crippen LogP contribution is -2.21. The van der Waals surface area contributed by atoms with Gasteiger partial charge in [-0.05, 0) is 36.8 Å². The number of hydrogen-bond acceptors (Lipinski definition) is 6. The van der Waals surface area contributed by atoms with E-state index in [1.165, 1.54) is 0 Å². The number of para-hydroxylation sites is 1. The van der Waals surface area contributed by atoms with Crippen LogP contribution >= 0.6 is 11.6 Å². The zero-order valence-corrected chi connectivity index (χ0v) is 23.5. The minimum Gasteiger partial charge on any atom is -0.283 e. The van der Waals surface area contributed by atoms with Gasteiger partial charge in [-0.2, -0.15) is 5.10 Å². The molecule has 1 atom stereocenters. The number of benzene rings is 4. The molecular weight excluding hydrogens is 542 g/mol. The van der Waals surface area contributed by atoms with Crippen LogP contribution in [-0.2, 0) is 10.0 Å². The second-order valence-corrected chi connectivity index (χ2v) is 12.0. The number of aryl methyl sites for hydroxylation is 1. The quantitative estimate of drug-likeness (QED) is 0.239. The summed E-state index contributed by atoms with van der Waals surface area (Å²) in [4.78, 5) is 9.96. The molecule has 2 heterocycles. The third-order valence-electron chi connectivity index (χ3n) is 6.80. The van der Waals surface area contributed by atoms with Gasteiger partial charge in [0.1, 0.15) is 0 Å². The van der Waals surface area contributed by atoms with E-state index in [1.54, 1.807) is 12.1 Å². The Balaban J connectivity index is 1.54. The lowest BCUT2D eigenvalue weighted by atomic mass is 9.97. The fourth-order valence-electron chi connectivity index (χ4n) is 4.94. The molecule has 200 valence electrons. The molecule has 1 N–H and O–H groups in total. The molecule has 9 heteroatoms. The van der Waals surface area contributed by atoms with Gasteiger partial charge in [-0.15, -0.1) is 0 Å². The summed E-state index contributed by atoms with van der Waals surface area (Å²) in [6, 6.07) is 30.9. The minimum absolute atomic E-state index is 0.199. The van der Waals surface area contributed by atoms with Gasteiger partial charge in [-0.1, -0.05) is 90.0 Å². The molecule has 1 aromatic heterocycles. The van der Waals surface area contributed by atoms with Crippen LogP contribution in [0.1, 0.15) is 29.2 Å². The fraction of sp³-hybridized carbons (Fsp3) is 0.129. The van der Waals surface area contributed by atoms with Crippen molar-refractivity contribution in [3.05, 3.63) is 119 Å². The maximum atomic E-state index is 12.1.